The van der Waals surface area contributed by atoms with Crippen molar-refractivity contribution < 1.29 is 18.0 Å². The molecule has 0 bridgehead atoms. The third-order valence-electron chi connectivity index (χ3n) is 4.55. The van der Waals surface area contributed by atoms with Gasteiger partial charge in [-0.2, -0.15) is 4.31 Å². The largest absolute Gasteiger partial charge is 0.325 e. The number of carbonyl (C=O) groups is 2. The number of benzene rings is 1. The number of hydrogen-bond acceptors (Lipinski definition) is 6. The molecule has 1 aromatic carbocycles. The highest BCUT2D eigenvalue weighted by Gasteiger charge is 2.23. The predicted molar refractivity (Wildman–Crippen MR) is 120 cm³/mol. The highest BCUT2D eigenvalue weighted by molar-refractivity contribution is 7.89. The van der Waals surface area contributed by atoms with Crippen molar-refractivity contribution in [2.75, 3.05) is 37.8 Å². The van der Waals surface area contributed by atoms with Crippen molar-refractivity contribution >= 4 is 33.3 Å². The van der Waals surface area contributed by atoms with Crippen LogP contribution in [0.2, 0.25) is 0 Å². The zero-order valence-electron chi connectivity index (χ0n) is 18.4. The summed E-state index contributed by atoms with van der Waals surface area (Å²) >= 11 is 0. The average molecular weight is 448 g/mol. The summed E-state index contributed by atoms with van der Waals surface area (Å²) in [6.07, 6.45) is 1.61. The fourth-order valence-electron chi connectivity index (χ4n) is 2.69. The third-order valence-corrected chi connectivity index (χ3v) is 6.60. The molecule has 0 saturated heterocycles. The lowest BCUT2D eigenvalue weighted by Gasteiger charge is -2.21. The molecule has 0 fully saturated rings. The summed E-state index contributed by atoms with van der Waals surface area (Å²) in [4.78, 5) is 30.2. The Morgan fingerprint density at radius 2 is 1.58 bits per heavy atom. The smallest absolute Gasteiger partial charge is 0.243 e. The second-order valence-electron chi connectivity index (χ2n) is 7.63. The minimum Gasteiger partial charge on any atom is -0.325 e. The van der Waals surface area contributed by atoms with Gasteiger partial charge in [0.25, 0.3) is 0 Å². The van der Waals surface area contributed by atoms with Crippen LogP contribution in [0.1, 0.15) is 19.4 Å². The number of sulfonamides is 1. The van der Waals surface area contributed by atoms with Crippen molar-refractivity contribution in [1.29, 1.82) is 0 Å². The van der Waals surface area contributed by atoms with Crippen LogP contribution < -0.4 is 10.6 Å². The maximum Gasteiger partial charge on any atom is 0.243 e. The number of carbonyl (C=O) groups excluding carboxylic acids is 2. The lowest BCUT2D eigenvalue weighted by atomic mass is 10.3. The molecule has 168 valence electrons. The summed E-state index contributed by atoms with van der Waals surface area (Å²) in [5, 5.41) is 5.39. The van der Waals surface area contributed by atoms with Crippen LogP contribution in [-0.4, -0.2) is 67.6 Å². The molecule has 2 aromatic rings. The quantitative estimate of drug-likeness (QED) is 0.608. The first-order chi connectivity index (χ1) is 14.5. The maximum atomic E-state index is 12.5. The van der Waals surface area contributed by atoms with Gasteiger partial charge in [0.2, 0.25) is 21.8 Å². The molecule has 10 heteroatoms. The summed E-state index contributed by atoms with van der Waals surface area (Å²) < 4.78 is 26.3. The topological polar surface area (TPSA) is 112 Å². The number of rotatable bonds is 9. The Morgan fingerprint density at radius 3 is 2.13 bits per heavy atom. The highest BCUT2D eigenvalue weighted by atomic mass is 32.2. The number of anilines is 2. The zero-order valence-corrected chi connectivity index (χ0v) is 19.2. The standard InChI is InChI=1S/C21H29N5O4S/c1-15(2)26(5)31(29,30)18-8-6-17(7-9-18)23-20(27)13-25(4)14-21(28)24-19-12-16(3)10-11-22-19/h6-12,15H,13-14H2,1-5H3,(H,23,27)(H,22,24,28). The van der Waals surface area contributed by atoms with Gasteiger partial charge >= 0.3 is 0 Å². The second-order valence-corrected chi connectivity index (χ2v) is 9.62. The average Bonchev–Trinajstić information content (AvgIpc) is 2.67. The Balaban J connectivity index is 1.88. The number of aryl methyl sites for hydroxylation is 1. The van der Waals surface area contributed by atoms with Gasteiger partial charge in [-0.05, 0) is 69.8 Å². The van der Waals surface area contributed by atoms with Crippen LogP contribution in [0.4, 0.5) is 11.5 Å². The molecule has 1 heterocycles. The van der Waals surface area contributed by atoms with E-state index in [0.29, 0.717) is 11.5 Å². The molecule has 9 nitrogen and oxygen atoms in total. The maximum absolute atomic E-state index is 12.5. The van der Waals surface area contributed by atoms with Crippen LogP contribution in [0, 0.1) is 6.92 Å². The van der Waals surface area contributed by atoms with E-state index in [1.165, 1.54) is 35.6 Å². The first kappa shape index (κ1) is 24.4. The molecule has 0 unspecified atom stereocenters. The van der Waals surface area contributed by atoms with E-state index in [9.17, 15) is 18.0 Å². The molecule has 0 radical (unpaired) electrons. The number of hydrogen-bond donors (Lipinski definition) is 2. The first-order valence-corrected chi connectivity index (χ1v) is 11.2. The fourth-order valence-corrected chi connectivity index (χ4v) is 4.06. The normalized spacial score (nSPS) is 11.7. The molecule has 2 amide bonds. The first-order valence-electron chi connectivity index (χ1n) is 9.78. The summed E-state index contributed by atoms with van der Waals surface area (Å²) in [7, 11) is -0.404. The van der Waals surface area contributed by atoms with Gasteiger partial charge in [0.1, 0.15) is 5.82 Å². The number of pyridine rings is 1. The fraction of sp³-hybridized carbons (Fsp3) is 0.381. The Hall–Kier alpha value is -2.82. The van der Waals surface area contributed by atoms with Gasteiger partial charge in [0.15, 0.2) is 0 Å². The van der Waals surface area contributed by atoms with Gasteiger partial charge in [-0.1, -0.05) is 0 Å². The molecular formula is C21H29N5O4S. The van der Waals surface area contributed by atoms with Gasteiger partial charge in [0.05, 0.1) is 18.0 Å². The summed E-state index contributed by atoms with van der Waals surface area (Å²) in [6, 6.07) is 9.40. The van der Waals surface area contributed by atoms with E-state index >= 15 is 0 Å². The van der Waals surface area contributed by atoms with E-state index in [4.69, 9.17) is 0 Å². The Labute approximate surface area is 183 Å². The Kier molecular flexibility index (Phi) is 8.26. The van der Waals surface area contributed by atoms with Crippen LogP contribution in [0.25, 0.3) is 0 Å². The molecule has 0 spiro atoms. The van der Waals surface area contributed by atoms with Crippen molar-refractivity contribution in [1.82, 2.24) is 14.2 Å². The van der Waals surface area contributed by atoms with Gasteiger partial charge in [-0.3, -0.25) is 14.5 Å². The van der Waals surface area contributed by atoms with Crippen LogP contribution in [-0.2, 0) is 19.6 Å². The molecule has 0 aliphatic rings. The molecule has 0 atom stereocenters. The van der Waals surface area contributed by atoms with Crippen LogP contribution in [0.15, 0.2) is 47.5 Å². The number of aromatic nitrogens is 1. The number of nitrogens with zero attached hydrogens (tertiary/aromatic N) is 3. The van der Waals surface area contributed by atoms with E-state index in [2.05, 4.69) is 15.6 Å². The SMILES string of the molecule is Cc1ccnc(NC(=O)CN(C)CC(=O)Nc2ccc(S(=O)(=O)N(C)C(C)C)cc2)c1. The predicted octanol–water partition coefficient (Wildman–Crippen LogP) is 1.93. The van der Waals surface area contributed by atoms with Crippen LogP contribution in [0.3, 0.4) is 0 Å². The minimum absolute atomic E-state index is 0.00912. The molecule has 2 N–H and O–H groups in total. The van der Waals surface area contributed by atoms with E-state index in [0.717, 1.165) is 5.56 Å². The lowest BCUT2D eigenvalue weighted by Crippen LogP contribution is -2.36. The Morgan fingerprint density at radius 1 is 1.00 bits per heavy atom. The Bertz CT molecular complexity index is 1020. The molecule has 0 aliphatic heterocycles. The monoisotopic (exact) mass is 447 g/mol. The minimum atomic E-state index is -3.58. The number of likely N-dealkylation sites (N-methyl/N-ethyl adjacent to an activating group) is 1. The summed E-state index contributed by atoms with van der Waals surface area (Å²) in [5.41, 5.74) is 1.45. The molecule has 2 rings (SSSR count). The van der Waals surface area contributed by atoms with Gasteiger partial charge in [0, 0.05) is 25.0 Å². The second kappa shape index (κ2) is 10.5. The van der Waals surface area contributed by atoms with Crippen molar-refractivity contribution in [2.24, 2.45) is 0 Å². The van der Waals surface area contributed by atoms with Gasteiger partial charge in [-0.15, -0.1) is 0 Å². The van der Waals surface area contributed by atoms with Crippen LogP contribution in [0.5, 0.6) is 0 Å². The van der Waals surface area contributed by atoms with Gasteiger partial charge < -0.3 is 10.6 Å². The molecule has 0 saturated carbocycles. The van der Waals surface area contributed by atoms with E-state index in [-0.39, 0.29) is 35.8 Å². The van der Waals surface area contributed by atoms with E-state index in [1.54, 1.807) is 38.1 Å². The van der Waals surface area contributed by atoms with E-state index in [1.807, 2.05) is 13.0 Å². The molecular weight excluding hydrogens is 418 g/mol. The highest BCUT2D eigenvalue weighted by Crippen LogP contribution is 2.19. The van der Waals surface area contributed by atoms with Crippen LogP contribution >= 0.6 is 0 Å². The van der Waals surface area contributed by atoms with Crippen molar-refractivity contribution in [3.63, 3.8) is 0 Å². The molecule has 1 aromatic heterocycles. The third kappa shape index (κ3) is 7.12. The summed E-state index contributed by atoms with van der Waals surface area (Å²) in [5.74, 6) is -0.142. The van der Waals surface area contributed by atoms with Crippen molar-refractivity contribution in [2.45, 2.75) is 31.7 Å². The van der Waals surface area contributed by atoms with Crippen molar-refractivity contribution in [3.8, 4) is 0 Å². The van der Waals surface area contributed by atoms with E-state index < -0.39 is 10.0 Å². The number of amides is 2. The number of nitrogens with one attached hydrogen (secondary N) is 2. The molecule has 0 aliphatic carbocycles. The zero-order chi connectivity index (χ0) is 23.2. The summed E-state index contributed by atoms with van der Waals surface area (Å²) in [6.45, 7) is 5.49. The molecule has 31 heavy (non-hydrogen) atoms. The van der Waals surface area contributed by atoms with Crippen molar-refractivity contribution in [3.05, 3.63) is 48.2 Å². The lowest BCUT2D eigenvalue weighted by molar-refractivity contribution is -0.119. The van der Waals surface area contributed by atoms with Gasteiger partial charge in [-0.25, -0.2) is 13.4 Å².